The van der Waals surface area contributed by atoms with Gasteiger partial charge < -0.3 is 15.2 Å². The van der Waals surface area contributed by atoms with Crippen LogP contribution in [0.3, 0.4) is 0 Å². The van der Waals surface area contributed by atoms with E-state index in [1.54, 1.807) is 16.8 Å². The number of pyridine rings is 1. The maximum absolute atomic E-state index is 11.7. The third kappa shape index (κ3) is 4.28. The Morgan fingerprint density at radius 1 is 1.32 bits per heavy atom. The van der Waals surface area contributed by atoms with Gasteiger partial charge in [-0.2, -0.15) is 11.8 Å². The minimum Gasteiger partial charge on any atom is -0.398 e. The molecule has 0 unspecified atom stereocenters. The number of hydrogen-bond donors (Lipinski definition) is 1. The number of hydrogen-bond acceptors (Lipinski definition) is 4. The quantitative estimate of drug-likeness (QED) is 0.915. The van der Waals surface area contributed by atoms with Crippen LogP contribution in [-0.4, -0.2) is 39.6 Å². The zero-order valence-corrected chi connectivity index (χ0v) is 12.6. The zero-order valence-electron chi connectivity index (χ0n) is 11.8. The lowest BCUT2D eigenvalue weighted by Gasteiger charge is -2.22. The van der Waals surface area contributed by atoms with Gasteiger partial charge in [0.15, 0.2) is 0 Å². The molecule has 0 spiro atoms. The van der Waals surface area contributed by atoms with Crippen molar-refractivity contribution in [1.82, 2.24) is 9.47 Å². The number of rotatable bonds is 3. The molecule has 0 amide bonds. The largest absolute Gasteiger partial charge is 0.398 e. The molecule has 2 rings (SSSR count). The standard InChI is InChI=1S/C14H23N3OS/c1-14(2)5-6-16(9-10-19-14)7-8-17-11-12(15)3-4-13(17)18/h3-4,11H,5-10,15H2,1-2H3. The Balaban J connectivity index is 1.92. The van der Waals surface area contributed by atoms with Crippen molar-refractivity contribution < 1.29 is 0 Å². The van der Waals surface area contributed by atoms with Gasteiger partial charge in [0.25, 0.3) is 5.56 Å². The Hall–Kier alpha value is -0.940. The van der Waals surface area contributed by atoms with Gasteiger partial charge in [-0.15, -0.1) is 0 Å². The molecule has 1 fully saturated rings. The van der Waals surface area contributed by atoms with E-state index in [1.165, 1.54) is 18.2 Å². The Kier molecular flexibility index (Phi) is 4.58. The Bertz CT molecular complexity index is 484. The fourth-order valence-electron chi connectivity index (χ4n) is 2.26. The van der Waals surface area contributed by atoms with Crippen molar-refractivity contribution >= 4 is 17.4 Å². The minimum atomic E-state index is 0.0266. The van der Waals surface area contributed by atoms with Gasteiger partial charge in [0, 0.05) is 48.1 Å². The summed E-state index contributed by atoms with van der Waals surface area (Å²) in [4.78, 5) is 14.1. The van der Waals surface area contributed by atoms with Gasteiger partial charge in [-0.3, -0.25) is 4.79 Å². The van der Waals surface area contributed by atoms with Crippen molar-refractivity contribution in [3.05, 3.63) is 28.7 Å². The summed E-state index contributed by atoms with van der Waals surface area (Å²) in [5, 5.41) is 0. The van der Waals surface area contributed by atoms with Crippen LogP contribution in [0.25, 0.3) is 0 Å². The Morgan fingerprint density at radius 3 is 2.89 bits per heavy atom. The average Bonchev–Trinajstić information content (AvgIpc) is 2.52. The summed E-state index contributed by atoms with van der Waals surface area (Å²) >= 11 is 2.04. The molecule has 0 bridgehead atoms. The van der Waals surface area contributed by atoms with Crippen LogP contribution in [0.1, 0.15) is 20.3 Å². The number of nitrogens with zero attached hydrogens (tertiary/aromatic N) is 2. The van der Waals surface area contributed by atoms with Gasteiger partial charge in [0.2, 0.25) is 0 Å². The molecular formula is C14H23N3OS. The first-order valence-corrected chi connectivity index (χ1v) is 7.77. The van der Waals surface area contributed by atoms with Crippen molar-refractivity contribution in [1.29, 1.82) is 0 Å². The van der Waals surface area contributed by atoms with Crippen LogP contribution in [0, 0.1) is 0 Å². The van der Waals surface area contributed by atoms with Crippen LogP contribution in [0.5, 0.6) is 0 Å². The molecule has 5 heteroatoms. The van der Waals surface area contributed by atoms with Crippen LogP contribution in [0.4, 0.5) is 5.69 Å². The first kappa shape index (κ1) is 14.5. The number of thioether (sulfide) groups is 1. The first-order valence-electron chi connectivity index (χ1n) is 6.79. The lowest BCUT2D eigenvalue weighted by atomic mass is 10.1. The van der Waals surface area contributed by atoms with Crippen molar-refractivity contribution in [3.8, 4) is 0 Å². The van der Waals surface area contributed by atoms with E-state index in [9.17, 15) is 4.79 Å². The predicted molar refractivity (Wildman–Crippen MR) is 82.7 cm³/mol. The molecule has 4 nitrogen and oxygen atoms in total. The highest BCUT2D eigenvalue weighted by atomic mass is 32.2. The molecule has 1 aromatic rings. The van der Waals surface area contributed by atoms with Gasteiger partial charge in [0.05, 0.1) is 0 Å². The van der Waals surface area contributed by atoms with E-state index in [2.05, 4.69) is 18.7 Å². The number of nitrogen functional groups attached to an aromatic ring is 1. The second-order valence-corrected chi connectivity index (χ2v) is 7.50. The van der Waals surface area contributed by atoms with Crippen LogP contribution >= 0.6 is 11.8 Å². The Labute approximate surface area is 119 Å². The van der Waals surface area contributed by atoms with Gasteiger partial charge in [-0.25, -0.2) is 0 Å². The smallest absolute Gasteiger partial charge is 0.250 e. The van der Waals surface area contributed by atoms with E-state index in [-0.39, 0.29) is 5.56 Å². The molecule has 19 heavy (non-hydrogen) atoms. The van der Waals surface area contributed by atoms with Gasteiger partial charge in [0.1, 0.15) is 0 Å². The molecule has 0 saturated carbocycles. The van der Waals surface area contributed by atoms with Crippen molar-refractivity contribution in [2.75, 3.05) is 31.1 Å². The molecule has 0 aromatic carbocycles. The summed E-state index contributed by atoms with van der Waals surface area (Å²) in [6.45, 7) is 8.46. The lowest BCUT2D eigenvalue weighted by molar-refractivity contribution is 0.271. The fraction of sp³-hybridized carbons (Fsp3) is 0.643. The van der Waals surface area contributed by atoms with E-state index in [0.717, 1.165) is 26.2 Å². The molecule has 1 aromatic heterocycles. The lowest BCUT2D eigenvalue weighted by Crippen LogP contribution is -2.33. The average molecular weight is 281 g/mol. The van der Waals surface area contributed by atoms with Crippen LogP contribution in [-0.2, 0) is 6.54 Å². The van der Waals surface area contributed by atoms with Crippen molar-refractivity contribution in [2.24, 2.45) is 0 Å². The molecule has 2 heterocycles. The summed E-state index contributed by atoms with van der Waals surface area (Å²) in [5.74, 6) is 1.17. The maximum atomic E-state index is 11.7. The SMILES string of the molecule is CC1(C)CCN(CCn2cc(N)ccc2=O)CCS1. The van der Waals surface area contributed by atoms with E-state index >= 15 is 0 Å². The van der Waals surface area contributed by atoms with Crippen LogP contribution in [0.2, 0.25) is 0 Å². The summed E-state index contributed by atoms with van der Waals surface area (Å²) in [7, 11) is 0. The van der Waals surface area contributed by atoms with Gasteiger partial charge in [-0.1, -0.05) is 13.8 Å². The number of anilines is 1. The maximum Gasteiger partial charge on any atom is 0.250 e. The molecular weight excluding hydrogens is 258 g/mol. The molecule has 106 valence electrons. The predicted octanol–water partition coefficient (Wildman–Crippen LogP) is 1.65. The van der Waals surface area contributed by atoms with Crippen molar-refractivity contribution in [3.63, 3.8) is 0 Å². The number of nitrogens with two attached hydrogens (primary N) is 1. The van der Waals surface area contributed by atoms with E-state index < -0.39 is 0 Å². The zero-order chi connectivity index (χ0) is 13.9. The molecule has 0 aliphatic carbocycles. The highest BCUT2D eigenvalue weighted by Crippen LogP contribution is 2.30. The molecule has 0 radical (unpaired) electrons. The Morgan fingerprint density at radius 2 is 2.11 bits per heavy atom. The molecule has 1 aliphatic heterocycles. The van der Waals surface area contributed by atoms with Crippen LogP contribution in [0.15, 0.2) is 23.1 Å². The third-order valence-corrected chi connectivity index (χ3v) is 4.97. The highest BCUT2D eigenvalue weighted by molar-refractivity contribution is 8.00. The summed E-state index contributed by atoms with van der Waals surface area (Å²) in [6.07, 6.45) is 2.93. The molecule has 0 atom stereocenters. The van der Waals surface area contributed by atoms with E-state index in [0.29, 0.717) is 10.4 Å². The topological polar surface area (TPSA) is 51.3 Å². The summed E-state index contributed by atoms with van der Waals surface area (Å²) in [6, 6.07) is 3.20. The summed E-state index contributed by atoms with van der Waals surface area (Å²) in [5.41, 5.74) is 6.39. The first-order chi connectivity index (χ1) is 8.96. The highest BCUT2D eigenvalue weighted by Gasteiger charge is 2.23. The van der Waals surface area contributed by atoms with Crippen LogP contribution < -0.4 is 11.3 Å². The molecule has 1 saturated heterocycles. The molecule has 2 N–H and O–H groups in total. The second kappa shape index (κ2) is 6.01. The minimum absolute atomic E-state index is 0.0266. The van der Waals surface area contributed by atoms with Gasteiger partial charge >= 0.3 is 0 Å². The normalized spacial score (nSPS) is 20.1. The fourth-order valence-corrected chi connectivity index (χ4v) is 3.40. The van der Waals surface area contributed by atoms with Crippen molar-refractivity contribution in [2.45, 2.75) is 31.6 Å². The van der Waals surface area contributed by atoms with E-state index in [4.69, 9.17) is 5.73 Å². The van der Waals surface area contributed by atoms with E-state index in [1.807, 2.05) is 11.8 Å². The van der Waals surface area contributed by atoms with Gasteiger partial charge in [-0.05, 0) is 19.0 Å². The number of aromatic nitrogens is 1. The third-order valence-electron chi connectivity index (χ3n) is 3.59. The second-order valence-electron chi connectivity index (χ2n) is 5.69. The molecule has 1 aliphatic rings. The monoisotopic (exact) mass is 281 g/mol. The summed E-state index contributed by atoms with van der Waals surface area (Å²) < 4.78 is 2.08.